The number of likely N-dealkylation sites (tertiary alicyclic amines) is 1. The minimum atomic E-state index is -0.561. The van der Waals surface area contributed by atoms with Crippen molar-refractivity contribution in [2.24, 2.45) is 0 Å². The molecule has 6 nitrogen and oxygen atoms in total. The molecule has 1 N–H and O–H groups in total. The predicted octanol–water partition coefficient (Wildman–Crippen LogP) is 3.08. The molecule has 1 fully saturated rings. The second-order valence-electron chi connectivity index (χ2n) is 7.74. The van der Waals surface area contributed by atoms with Crippen LogP contribution in [0.3, 0.4) is 0 Å². The van der Waals surface area contributed by atoms with Crippen LogP contribution in [0.15, 0.2) is 12.7 Å². The van der Waals surface area contributed by atoms with Crippen molar-refractivity contribution < 1.29 is 19.1 Å². The number of carbonyl (C=O) groups is 2. The van der Waals surface area contributed by atoms with Crippen LogP contribution >= 0.6 is 0 Å². The maximum atomic E-state index is 12.0. The molecule has 126 valence electrons. The van der Waals surface area contributed by atoms with Crippen LogP contribution in [-0.4, -0.2) is 46.9 Å². The Morgan fingerprint density at radius 2 is 1.64 bits per heavy atom. The van der Waals surface area contributed by atoms with Gasteiger partial charge < -0.3 is 19.7 Å². The molecule has 0 spiro atoms. The van der Waals surface area contributed by atoms with Gasteiger partial charge in [-0.1, -0.05) is 6.08 Å². The summed E-state index contributed by atoms with van der Waals surface area (Å²) in [5.41, 5.74) is -1.62. The SMILES string of the molecule is C=CCC1(NC(=O)OC(C)(C)C)CN(C(=O)OC(C)(C)C)C1. The molecule has 0 atom stereocenters. The van der Waals surface area contributed by atoms with Crippen LogP contribution in [0.25, 0.3) is 0 Å². The first-order valence-electron chi connectivity index (χ1n) is 7.46. The summed E-state index contributed by atoms with van der Waals surface area (Å²) in [6, 6.07) is 0. The zero-order chi connectivity index (χ0) is 17.2. The number of ether oxygens (including phenoxy) is 2. The number of alkyl carbamates (subject to hydrolysis) is 1. The van der Waals surface area contributed by atoms with E-state index in [2.05, 4.69) is 11.9 Å². The van der Waals surface area contributed by atoms with Gasteiger partial charge in [0.05, 0.1) is 5.54 Å². The number of hydrogen-bond donors (Lipinski definition) is 1. The summed E-state index contributed by atoms with van der Waals surface area (Å²) in [4.78, 5) is 25.5. The van der Waals surface area contributed by atoms with Crippen LogP contribution < -0.4 is 5.32 Å². The fourth-order valence-electron chi connectivity index (χ4n) is 2.20. The highest BCUT2D eigenvalue weighted by molar-refractivity contribution is 5.73. The Morgan fingerprint density at radius 3 is 2.05 bits per heavy atom. The Kier molecular flexibility index (Phi) is 5.15. The van der Waals surface area contributed by atoms with Gasteiger partial charge in [-0.05, 0) is 48.0 Å². The van der Waals surface area contributed by atoms with Crippen molar-refractivity contribution in [3.63, 3.8) is 0 Å². The largest absolute Gasteiger partial charge is 0.444 e. The molecule has 2 amide bonds. The lowest BCUT2D eigenvalue weighted by Crippen LogP contribution is -2.71. The topological polar surface area (TPSA) is 67.9 Å². The molecule has 1 rings (SSSR count). The molecule has 0 unspecified atom stereocenters. The number of nitrogens with one attached hydrogen (secondary N) is 1. The Labute approximate surface area is 132 Å². The van der Waals surface area contributed by atoms with Crippen molar-refractivity contribution in [2.75, 3.05) is 13.1 Å². The van der Waals surface area contributed by atoms with E-state index in [1.807, 2.05) is 20.8 Å². The molecular formula is C16H28N2O4. The van der Waals surface area contributed by atoms with Crippen molar-refractivity contribution in [3.8, 4) is 0 Å². The molecule has 0 aromatic carbocycles. The highest BCUT2D eigenvalue weighted by Gasteiger charge is 2.47. The van der Waals surface area contributed by atoms with E-state index in [-0.39, 0.29) is 6.09 Å². The summed E-state index contributed by atoms with van der Waals surface area (Å²) >= 11 is 0. The van der Waals surface area contributed by atoms with E-state index in [0.717, 1.165) is 0 Å². The van der Waals surface area contributed by atoms with E-state index >= 15 is 0 Å². The van der Waals surface area contributed by atoms with Gasteiger partial charge in [-0.15, -0.1) is 6.58 Å². The van der Waals surface area contributed by atoms with Crippen LogP contribution in [0.2, 0.25) is 0 Å². The molecule has 1 aliphatic heterocycles. The van der Waals surface area contributed by atoms with Crippen molar-refractivity contribution in [1.82, 2.24) is 10.2 Å². The van der Waals surface area contributed by atoms with Gasteiger partial charge in [0.25, 0.3) is 0 Å². The highest BCUT2D eigenvalue weighted by atomic mass is 16.6. The average Bonchev–Trinajstić information content (AvgIpc) is 2.19. The monoisotopic (exact) mass is 312 g/mol. The molecule has 0 aliphatic carbocycles. The molecular weight excluding hydrogens is 284 g/mol. The maximum Gasteiger partial charge on any atom is 0.410 e. The van der Waals surface area contributed by atoms with E-state index in [0.29, 0.717) is 19.5 Å². The van der Waals surface area contributed by atoms with E-state index in [9.17, 15) is 9.59 Å². The summed E-state index contributed by atoms with van der Waals surface area (Å²) in [5, 5.41) is 2.85. The first-order valence-corrected chi connectivity index (χ1v) is 7.46. The normalized spacial score (nSPS) is 17.3. The average molecular weight is 312 g/mol. The molecule has 1 heterocycles. The number of nitrogens with zero attached hydrogens (tertiary/aromatic N) is 1. The first-order chi connectivity index (χ1) is 9.86. The molecule has 0 bridgehead atoms. The van der Waals surface area contributed by atoms with E-state index in [1.165, 1.54) is 0 Å². The summed E-state index contributed by atoms with van der Waals surface area (Å²) in [7, 11) is 0. The van der Waals surface area contributed by atoms with E-state index in [1.54, 1.807) is 31.7 Å². The van der Waals surface area contributed by atoms with E-state index < -0.39 is 22.8 Å². The standard InChI is InChI=1S/C16H28N2O4/c1-8-9-16(17-12(19)21-14(2,3)4)10-18(11-16)13(20)22-15(5,6)7/h8H,1,9-11H2,2-7H3,(H,17,19). The molecule has 22 heavy (non-hydrogen) atoms. The third-order valence-electron chi connectivity index (χ3n) is 2.94. The number of amides is 2. The van der Waals surface area contributed by atoms with Gasteiger partial charge in [0.15, 0.2) is 0 Å². The van der Waals surface area contributed by atoms with Crippen LogP contribution in [0.1, 0.15) is 48.0 Å². The first kappa shape index (κ1) is 18.3. The van der Waals surface area contributed by atoms with E-state index in [4.69, 9.17) is 9.47 Å². The molecule has 0 aromatic heterocycles. The van der Waals surface area contributed by atoms with Gasteiger partial charge >= 0.3 is 12.2 Å². The smallest absolute Gasteiger partial charge is 0.410 e. The lowest BCUT2D eigenvalue weighted by atomic mass is 9.86. The van der Waals surface area contributed by atoms with Gasteiger partial charge in [0.2, 0.25) is 0 Å². The zero-order valence-electron chi connectivity index (χ0n) is 14.5. The summed E-state index contributed by atoms with van der Waals surface area (Å²) < 4.78 is 10.6. The number of hydrogen-bond acceptors (Lipinski definition) is 4. The van der Waals surface area contributed by atoms with Crippen LogP contribution in [0, 0.1) is 0 Å². The van der Waals surface area contributed by atoms with Crippen molar-refractivity contribution >= 4 is 12.2 Å². The Balaban J connectivity index is 2.61. The third-order valence-corrected chi connectivity index (χ3v) is 2.94. The number of carbonyl (C=O) groups excluding carboxylic acids is 2. The summed E-state index contributed by atoms with van der Waals surface area (Å²) in [6.45, 7) is 15.4. The van der Waals surface area contributed by atoms with Crippen LogP contribution in [-0.2, 0) is 9.47 Å². The van der Waals surface area contributed by atoms with Crippen molar-refractivity contribution in [3.05, 3.63) is 12.7 Å². The molecule has 1 saturated heterocycles. The Morgan fingerprint density at radius 1 is 1.14 bits per heavy atom. The van der Waals surface area contributed by atoms with Gasteiger partial charge in [-0.25, -0.2) is 9.59 Å². The molecule has 0 aromatic rings. The van der Waals surface area contributed by atoms with Gasteiger partial charge in [-0.2, -0.15) is 0 Å². The number of rotatable bonds is 3. The van der Waals surface area contributed by atoms with Gasteiger partial charge in [-0.3, -0.25) is 0 Å². The highest BCUT2D eigenvalue weighted by Crippen LogP contribution is 2.27. The van der Waals surface area contributed by atoms with Crippen LogP contribution in [0.5, 0.6) is 0 Å². The lowest BCUT2D eigenvalue weighted by Gasteiger charge is -2.49. The fourth-order valence-corrected chi connectivity index (χ4v) is 2.20. The Hall–Kier alpha value is -1.72. The molecule has 1 aliphatic rings. The maximum absolute atomic E-state index is 12.0. The predicted molar refractivity (Wildman–Crippen MR) is 84.7 cm³/mol. The van der Waals surface area contributed by atoms with Crippen molar-refractivity contribution in [2.45, 2.75) is 64.7 Å². The quantitative estimate of drug-likeness (QED) is 0.813. The second-order valence-corrected chi connectivity index (χ2v) is 7.74. The summed E-state index contributed by atoms with van der Waals surface area (Å²) in [5.74, 6) is 0. The fraction of sp³-hybridized carbons (Fsp3) is 0.750. The third kappa shape index (κ3) is 5.58. The minimum absolute atomic E-state index is 0.377. The second kappa shape index (κ2) is 6.18. The van der Waals surface area contributed by atoms with Crippen molar-refractivity contribution in [1.29, 1.82) is 0 Å². The molecule has 0 saturated carbocycles. The van der Waals surface area contributed by atoms with Crippen LogP contribution in [0.4, 0.5) is 9.59 Å². The zero-order valence-corrected chi connectivity index (χ0v) is 14.5. The molecule has 6 heteroatoms. The Bertz CT molecular complexity index is 440. The molecule has 0 radical (unpaired) electrons. The summed E-state index contributed by atoms with van der Waals surface area (Å²) in [6.07, 6.45) is 1.42. The lowest BCUT2D eigenvalue weighted by molar-refractivity contribution is -0.0208. The van der Waals surface area contributed by atoms with Gasteiger partial charge in [0.1, 0.15) is 11.2 Å². The minimum Gasteiger partial charge on any atom is -0.444 e. The van der Waals surface area contributed by atoms with Gasteiger partial charge in [0, 0.05) is 13.1 Å².